The molecular formula is C18H17F2NO2. The Morgan fingerprint density at radius 3 is 2.61 bits per heavy atom. The second-order valence-electron chi connectivity index (χ2n) is 5.65. The molecule has 1 aliphatic rings. The van der Waals surface area contributed by atoms with E-state index in [-0.39, 0.29) is 12.5 Å². The van der Waals surface area contributed by atoms with E-state index in [1.54, 1.807) is 12.1 Å². The number of aryl methyl sites for hydroxylation is 2. The summed E-state index contributed by atoms with van der Waals surface area (Å²) in [5.41, 5.74) is 2.19. The Balaban J connectivity index is 1.74. The zero-order valence-electron chi connectivity index (χ0n) is 12.8. The van der Waals surface area contributed by atoms with Crippen molar-refractivity contribution in [1.29, 1.82) is 0 Å². The summed E-state index contributed by atoms with van der Waals surface area (Å²) in [4.78, 5) is 13.8. The van der Waals surface area contributed by atoms with E-state index in [1.807, 2.05) is 19.1 Å². The Hall–Kier alpha value is -2.43. The van der Waals surface area contributed by atoms with Crippen molar-refractivity contribution in [3.63, 3.8) is 0 Å². The average molecular weight is 317 g/mol. The Morgan fingerprint density at radius 2 is 1.87 bits per heavy atom. The Labute approximate surface area is 133 Å². The van der Waals surface area contributed by atoms with Crippen LogP contribution in [0.3, 0.4) is 0 Å². The number of halogens is 2. The lowest BCUT2D eigenvalue weighted by Gasteiger charge is -2.29. The third-order valence-electron chi connectivity index (χ3n) is 3.92. The van der Waals surface area contributed by atoms with Crippen molar-refractivity contribution in [3.05, 3.63) is 59.2 Å². The first-order chi connectivity index (χ1) is 11.0. The van der Waals surface area contributed by atoms with E-state index in [0.29, 0.717) is 36.4 Å². The quantitative estimate of drug-likeness (QED) is 0.865. The molecule has 0 aliphatic carbocycles. The van der Waals surface area contributed by atoms with E-state index in [4.69, 9.17) is 4.74 Å². The van der Waals surface area contributed by atoms with E-state index < -0.39 is 11.6 Å². The Kier molecular flexibility index (Phi) is 4.28. The summed E-state index contributed by atoms with van der Waals surface area (Å²) >= 11 is 0. The van der Waals surface area contributed by atoms with Gasteiger partial charge in [-0.1, -0.05) is 17.7 Å². The SMILES string of the molecule is Cc1ccc(OCC(=O)N2CCCc3cc(F)c(F)cc32)cc1. The molecule has 3 rings (SSSR count). The van der Waals surface area contributed by atoms with Gasteiger partial charge in [0, 0.05) is 12.6 Å². The molecule has 0 bridgehead atoms. The lowest BCUT2D eigenvalue weighted by Crippen LogP contribution is -2.38. The minimum atomic E-state index is -0.942. The number of carbonyl (C=O) groups is 1. The van der Waals surface area contributed by atoms with Crippen molar-refractivity contribution in [1.82, 2.24) is 0 Å². The smallest absolute Gasteiger partial charge is 0.264 e. The molecule has 3 nitrogen and oxygen atoms in total. The van der Waals surface area contributed by atoms with Gasteiger partial charge in [0.15, 0.2) is 18.2 Å². The molecule has 23 heavy (non-hydrogen) atoms. The van der Waals surface area contributed by atoms with Crippen molar-refractivity contribution in [2.45, 2.75) is 19.8 Å². The lowest BCUT2D eigenvalue weighted by molar-refractivity contribution is -0.120. The zero-order valence-corrected chi connectivity index (χ0v) is 12.8. The molecule has 1 aliphatic heterocycles. The first-order valence-corrected chi connectivity index (χ1v) is 7.52. The van der Waals surface area contributed by atoms with Gasteiger partial charge in [0.05, 0.1) is 5.69 Å². The molecule has 0 radical (unpaired) electrons. The molecule has 2 aromatic carbocycles. The minimum absolute atomic E-state index is 0.137. The third-order valence-corrected chi connectivity index (χ3v) is 3.92. The van der Waals surface area contributed by atoms with Crippen LogP contribution in [-0.4, -0.2) is 19.1 Å². The number of ether oxygens (including phenoxy) is 1. The maximum Gasteiger partial charge on any atom is 0.264 e. The summed E-state index contributed by atoms with van der Waals surface area (Å²) in [6.07, 6.45) is 1.35. The van der Waals surface area contributed by atoms with Gasteiger partial charge in [-0.3, -0.25) is 4.79 Å². The molecule has 0 atom stereocenters. The molecule has 0 saturated carbocycles. The van der Waals surface area contributed by atoms with Crippen LogP contribution in [0.5, 0.6) is 5.75 Å². The molecule has 0 aromatic heterocycles. The van der Waals surface area contributed by atoms with Crippen molar-refractivity contribution in [2.75, 3.05) is 18.1 Å². The lowest BCUT2D eigenvalue weighted by atomic mass is 10.0. The number of benzene rings is 2. The number of rotatable bonds is 3. The van der Waals surface area contributed by atoms with Crippen LogP contribution in [0.2, 0.25) is 0 Å². The molecular weight excluding hydrogens is 300 g/mol. The van der Waals surface area contributed by atoms with E-state index in [1.165, 1.54) is 11.0 Å². The number of amides is 1. The second kappa shape index (κ2) is 6.36. The standard InChI is InChI=1S/C18H17F2NO2/c1-12-4-6-14(7-5-12)23-11-18(22)21-8-2-3-13-9-15(19)16(20)10-17(13)21/h4-7,9-10H,2-3,8,11H2,1H3. The summed E-state index contributed by atoms with van der Waals surface area (Å²) in [5, 5.41) is 0. The highest BCUT2D eigenvalue weighted by atomic mass is 19.2. The highest BCUT2D eigenvalue weighted by molar-refractivity contribution is 5.95. The molecule has 0 spiro atoms. The number of hydrogen-bond donors (Lipinski definition) is 0. The van der Waals surface area contributed by atoms with Gasteiger partial charge in [0.1, 0.15) is 5.75 Å². The molecule has 0 saturated heterocycles. The minimum Gasteiger partial charge on any atom is -0.484 e. The van der Waals surface area contributed by atoms with Crippen LogP contribution in [-0.2, 0) is 11.2 Å². The van der Waals surface area contributed by atoms with Crippen LogP contribution in [0.15, 0.2) is 36.4 Å². The predicted octanol–water partition coefficient (Wildman–Crippen LogP) is 3.63. The fourth-order valence-corrected chi connectivity index (χ4v) is 2.69. The molecule has 1 amide bonds. The fraction of sp³-hybridized carbons (Fsp3) is 0.278. The molecule has 0 fully saturated rings. The summed E-state index contributed by atoms with van der Waals surface area (Å²) in [5.74, 6) is -1.49. The third kappa shape index (κ3) is 3.33. The van der Waals surface area contributed by atoms with Gasteiger partial charge in [0.2, 0.25) is 0 Å². The molecule has 120 valence electrons. The van der Waals surface area contributed by atoms with E-state index in [0.717, 1.165) is 11.6 Å². The van der Waals surface area contributed by atoms with Gasteiger partial charge >= 0.3 is 0 Å². The highest BCUT2D eigenvalue weighted by Crippen LogP contribution is 2.29. The summed E-state index contributed by atoms with van der Waals surface area (Å²) < 4.78 is 32.3. The summed E-state index contributed by atoms with van der Waals surface area (Å²) in [6, 6.07) is 9.64. The van der Waals surface area contributed by atoms with Crippen LogP contribution in [0.1, 0.15) is 17.5 Å². The van der Waals surface area contributed by atoms with Crippen LogP contribution < -0.4 is 9.64 Å². The van der Waals surface area contributed by atoms with Crippen molar-refractivity contribution in [3.8, 4) is 5.75 Å². The number of anilines is 1. The first-order valence-electron chi connectivity index (χ1n) is 7.52. The number of carbonyl (C=O) groups excluding carboxylic acids is 1. The van der Waals surface area contributed by atoms with E-state index in [9.17, 15) is 13.6 Å². The van der Waals surface area contributed by atoms with Gasteiger partial charge in [-0.05, 0) is 43.5 Å². The number of hydrogen-bond acceptors (Lipinski definition) is 2. The van der Waals surface area contributed by atoms with Crippen LogP contribution in [0.4, 0.5) is 14.5 Å². The van der Waals surface area contributed by atoms with Gasteiger partial charge in [0.25, 0.3) is 5.91 Å². The molecule has 1 heterocycles. The molecule has 2 aromatic rings. The largest absolute Gasteiger partial charge is 0.484 e. The topological polar surface area (TPSA) is 29.5 Å². The van der Waals surface area contributed by atoms with E-state index >= 15 is 0 Å². The van der Waals surface area contributed by atoms with Gasteiger partial charge in [-0.15, -0.1) is 0 Å². The number of fused-ring (bicyclic) bond motifs is 1. The van der Waals surface area contributed by atoms with Crippen molar-refractivity contribution >= 4 is 11.6 Å². The number of nitrogens with zero attached hydrogens (tertiary/aromatic N) is 1. The second-order valence-corrected chi connectivity index (χ2v) is 5.65. The van der Waals surface area contributed by atoms with E-state index in [2.05, 4.69) is 0 Å². The first kappa shape index (κ1) is 15.5. The average Bonchev–Trinajstić information content (AvgIpc) is 2.54. The molecule has 0 unspecified atom stereocenters. The molecule has 5 heteroatoms. The molecule has 0 N–H and O–H groups in total. The maximum absolute atomic E-state index is 13.5. The zero-order chi connectivity index (χ0) is 16.4. The maximum atomic E-state index is 13.5. The van der Waals surface area contributed by atoms with Crippen LogP contribution in [0, 0.1) is 18.6 Å². The Bertz CT molecular complexity index is 729. The van der Waals surface area contributed by atoms with Gasteiger partial charge in [-0.2, -0.15) is 0 Å². The van der Waals surface area contributed by atoms with Gasteiger partial charge in [-0.25, -0.2) is 8.78 Å². The van der Waals surface area contributed by atoms with Crippen molar-refractivity contribution in [2.24, 2.45) is 0 Å². The monoisotopic (exact) mass is 317 g/mol. The van der Waals surface area contributed by atoms with Gasteiger partial charge < -0.3 is 9.64 Å². The predicted molar refractivity (Wildman–Crippen MR) is 83.7 cm³/mol. The van der Waals surface area contributed by atoms with Crippen LogP contribution in [0.25, 0.3) is 0 Å². The normalized spacial score (nSPS) is 13.6. The van der Waals surface area contributed by atoms with Crippen molar-refractivity contribution < 1.29 is 18.3 Å². The Morgan fingerprint density at radius 1 is 1.17 bits per heavy atom. The summed E-state index contributed by atoms with van der Waals surface area (Å²) in [7, 11) is 0. The highest BCUT2D eigenvalue weighted by Gasteiger charge is 2.24. The fourth-order valence-electron chi connectivity index (χ4n) is 2.69. The summed E-state index contributed by atoms with van der Waals surface area (Å²) in [6.45, 7) is 2.31. The van der Waals surface area contributed by atoms with Crippen LogP contribution >= 0.6 is 0 Å².